The molecule has 0 aromatic carbocycles. The lowest BCUT2D eigenvalue weighted by Crippen LogP contribution is -2.17. The van der Waals surface area contributed by atoms with Crippen molar-refractivity contribution in [1.82, 2.24) is 0 Å². The van der Waals surface area contributed by atoms with Crippen molar-refractivity contribution in [3.05, 3.63) is 0 Å². The Kier molecular flexibility index (Phi) is 14.1. The smallest absolute Gasteiger partial charge is 0.308 e. The molecule has 0 saturated carbocycles. The maximum absolute atomic E-state index is 11.9. The Morgan fingerprint density at radius 3 is 2.00 bits per heavy atom. The predicted octanol–water partition coefficient (Wildman–Crippen LogP) is 4.65. The number of esters is 2. The van der Waals surface area contributed by atoms with Gasteiger partial charge in [0.15, 0.2) is 0 Å². The summed E-state index contributed by atoms with van der Waals surface area (Å²) in [7, 11) is 0. The molecule has 22 heavy (non-hydrogen) atoms. The molecule has 0 amide bonds. The molecule has 0 aliphatic carbocycles. The predicted molar refractivity (Wildman–Crippen MR) is 88.6 cm³/mol. The van der Waals surface area contributed by atoms with E-state index in [0.29, 0.717) is 19.6 Å². The van der Waals surface area contributed by atoms with Crippen molar-refractivity contribution < 1.29 is 19.1 Å². The molecule has 0 rings (SSSR count). The van der Waals surface area contributed by atoms with Gasteiger partial charge < -0.3 is 9.47 Å². The van der Waals surface area contributed by atoms with Crippen LogP contribution in [0.25, 0.3) is 0 Å². The van der Waals surface area contributed by atoms with Gasteiger partial charge in [-0.25, -0.2) is 0 Å². The molecular formula is C18H34O4. The van der Waals surface area contributed by atoms with Crippen molar-refractivity contribution in [2.24, 2.45) is 5.92 Å². The van der Waals surface area contributed by atoms with Crippen LogP contribution in [-0.2, 0) is 19.1 Å². The lowest BCUT2D eigenvalue weighted by atomic mass is 9.95. The summed E-state index contributed by atoms with van der Waals surface area (Å²) >= 11 is 0. The van der Waals surface area contributed by atoms with E-state index in [2.05, 4.69) is 6.92 Å². The summed E-state index contributed by atoms with van der Waals surface area (Å²) in [5, 5.41) is 0. The van der Waals surface area contributed by atoms with Crippen LogP contribution in [-0.4, -0.2) is 25.2 Å². The minimum atomic E-state index is -0.0931. The molecule has 0 bridgehead atoms. The molecule has 0 radical (unpaired) electrons. The summed E-state index contributed by atoms with van der Waals surface area (Å²) in [4.78, 5) is 23.1. The van der Waals surface area contributed by atoms with Crippen LogP contribution in [0, 0.1) is 5.92 Å². The summed E-state index contributed by atoms with van der Waals surface area (Å²) in [6, 6.07) is 0. The largest absolute Gasteiger partial charge is 0.466 e. The van der Waals surface area contributed by atoms with Crippen molar-refractivity contribution in [2.75, 3.05) is 13.2 Å². The van der Waals surface area contributed by atoms with Crippen LogP contribution in [0.2, 0.25) is 0 Å². The average molecular weight is 314 g/mol. The molecule has 0 N–H and O–H groups in total. The first-order chi connectivity index (χ1) is 10.7. The molecule has 130 valence electrons. The molecule has 0 aromatic rings. The van der Waals surface area contributed by atoms with E-state index in [9.17, 15) is 9.59 Å². The fourth-order valence-electron chi connectivity index (χ4n) is 2.51. The first kappa shape index (κ1) is 20.9. The first-order valence-electron chi connectivity index (χ1n) is 8.97. The van der Waals surface area contributed by atoms with Crippen LogP contribution in [0.1, 0.15) is 85.0 Å². The molecule has 0 aliphatic heterocycles. The number of carbonyl (C=O) groups excluding carboxylic acids is 2. The SMILES string of the molecule is CCCCC(CCCCCCCC(=O)OCC)C(=O)OCC. The van der Waals surface area contributed by atoms with E-state index in [0.717, 1.165) is 57.8 Å². The molecule has 0 heterocycles. The highest BCUT2D eigenvalue weighted by Gasteiger charge is 2.18. The highest BCUT2D eigenvalue weighted by atomic mass is 16.5. The topological polar surface area (TPSA) is 52.6 Å². The average Bonchev–Trinajstić information content (AvgIpc) is 2.49. The third kappa shape index (κ3) is 11.6. The Morgan fingerprint density at radius 1 is 0.773 bits per heavy atom. The lowest BCUT2D eigenvalue weighted by molar-refractivity contribution is -0.148. The van der Waals surface area contributed by atoms with E-state index in [4.69, 9.17) is 9.47 Å². The quantitative estimate of drug-likeness (QED) is 0.346. The van der Waals surface area contributed by atoms with Crippen molar-refractivity contribution in [3.8, 4) is 0 Å². The molecule has 4 nitrogen and oxygen atoms in total. The molecule has 0 spiro atoms. The first-order valence-corrected chi connectivity index (χ1v) is 8.97. The van der Waals surface area contributed by atoms with E-state index in [1.165, 1.54) is 0 Å². The van der Waals surface area contributed by atoms with Gasteiger partial charge in [-0.05, 0) is 33.1 Å². The van der Waals surface area contributed by atoms with Crippen LogP contribution in [0.3, 0.4) is 0 Å². The van der Waals surface area contributed by atoms with Crippen LogP contribution >= 0.6 is 0 Å². The number of rotatable bonds is 14. The second kappa shape index (κ2) is 14.9. The molecule has 0 saturated heterocycles. The summed E-state index contributed by atoms with van der Waals surface area (Å²) < 4.78 is 10.1. The monoisotopic (exact) mass is 314 g/mol. The van der Waals surface area contributed by atoms with Crippen molar-refractivity contribution >= 4 is 11.9 Å². The van der Waals surface area contributed by atoms with Gasteiger partial charge in [-0.1, -0.05) is 45.4 Å². The van der Waals surface area contributed by atoms with E-state index in [1.807, 2.05) is 13.8 Å². The van der Waals surface area contributed by atoms with Crippen LogP contribution in [0.15, 0.2) is 0 Å². The van der Waals surface area contributed by atoms with Gasteiger partial charge in [-0.2, -0.15) is 0 Å². The molecular weight excluding hydrogens is 280 g/mol. The van der Waals surface area contributed by atoms with Crippen molar-refractivity contribution in [1.29, 1.82) is 0 Å². The fourth-order valence-corrected chi connectivity index (χ4v) is 2.51. The minimum absolute atomic E-state index is 0.0294. The Labute approximate surface area is 135 Å². The fraction of sp³-hybridized carbons (Fsp3) is 0.889. The Morgan fingerprint density at radius 2 is 1.36 bits per heavy atom. The van der Waals surface area contributed by atoms with Gasteiger partial charge in [0.05, 0.1) is 19.1 Å². The highest BCUT2D eigenvalue weighted by molar-refractivity contribution is 5.72. The summed E-state index contributed by atoms with van der Waals surface area (Å²) in [5.74, 6) is -0.0536. The summed E-state index contributed by atoms with van der Waals surface area (Å²) in [5.41, 5.74) is 0. The number of carbonyl (C=O) groups is 2. The van der Waals surface area contributed by atoms with E-state index < -0.39 is 0 Å². The standard InChI is InChI=1S/C18H34O4/c1-4-7-13-16(18(20)22-6-3)14-11-9-8-10-12-15-17(19)21-5-2/h16H,4-15H2,1-3H3. The van der Waals surface area contributed by atoms with Gasteiger partial charge in [-0.3, -0.25) is 9.59 Å². The molecule has 1 unspecified atom stereocenters. The van der Waals surface area contributed by atoms with E-state index in [1.54, 1.807) is 0 Å². The zero-order valence-corrected chi connectivity index (χ0v) is 14.7. The van der Waals surface area contributed by atoms with Gasteiger partial charge in [0.25, 0.3) is 0 Å². The van der Waals surface area contributed by atoms with Crippen LogP contribution in [0.5, 0.6) is 0 Å². The third-order valence-electron chi connectivity index (χ3n) is 3.76. The van der Waals surface area contributed by atoms with Crippen molar-refractivity contribution in [2.45, 2.75) is 85.0 Å². The molecule has 4 heteroatoms. The summed E-state index contributed by atoms with van der Waals surface area (Å²) in [6.07, 6.45) is 9.84. The Balaban J connectivity index is 3.70. The number of unbranched alkanes of at least 4 members (excludes halogenated alkanes) is 5. The number of hydrogen-bond acceptors (Lipinski definition) is 4. The van der Waals surface area contributed by atoms with Gasteiger partial charge in [0.1, 0.15) is 0 Å². The maximum Gasteiger partial charge on any atom is 0.308 e. The second-order valence-electron chi connectivity index (χ2n) is 5.70. The van der Waals surface area contributed by atoms with Crippen molar-refractivity contribution in [3.63, 3.8) is 0 Å². The summed E-state index contributed by atoms with van der Waals surface area (Å²) in [6.45, 7) is 6.77. The Bertz CT molecular complexity index is 289. The highest BCUT2D eigenvalue weighted by Crippen LogP contribution is 2.19. The second-order valence-corrected chi connectivity index (χ2v) is 5.70. The Hall–Kier alpha value is -1.06. The third-order valence-corrected chi connectivity index (χ3v) is 3.76. The zero-order chi connectivity index (χ0) is 16.6. The van der Waals surface area contributed by atoms with E-state index >= 15 is 0 Å². The molecule has 1 atom stereocenters. The number of hydrogen-bond donors (Lipinski definition) is 0. The molecule has 0 aromatic heterocycles. The van der Waals surface area contributed by atoms with Gasteiger partial charge in [0.2, 0.25) is 0 Å². The van der Waals surface area contributed by atoms with Gasteiger partial charge in [0, 0.05) is 6.42 Å². The minimum Gasteiger partial charge on any atom is -0.466 e. The van der Waals surface area contributed by atoms with E-state index in [-0.39, 0.29) is 17.9 Å². The molecule has 0 aliphatic rings. The zero-order valence-electron chi connectivity index (χ0n) is 14.7. The van der Waals surface area contributed by atoms with Gasteiger partial charge >= 0.3 is 11.9 Å². The number of ether oxygens (including phenoxy) is 2. The van der Waals surface area contributed by atoms with Crippen LogP contribution < -0.4 is 0 Å². The normalized spacial score (nSPS) is 12.0. The van der Waals surface area contributed by atoms with Gasteiger partial charge in [-0.15, -0.1) is 0 Å². The molecule has 0 fully saturated rings. The van der Waals surface area contributed by atoms with Crippen LogP contribution in [0.4, 0.5) is 0 Å². The lowest BCUT2D eigenvalue weighted by Gasteiger charge is -2.15. The maximum atomic E-state index is 11.9.